The number of imidazole rings is 1. The van der Waals surface area contributed by atoms with Gasteiger partial charge in [0.2, 0.25) is 5.91 Å². The Labute approximate surface area is 213 Å². The maximum Gasteiger partial charge on any atom is 0.407 e. The summed E-state index contributed by atoms with van der Waals surface area (Å²) in [5.41, 5.74) is -2.32. The Kier molecular flexibility index (Phi) is 5.65. The van der Waals surface area contributed by atoms with E-state index in [0.29, 0.717) is 11.4 Å². The predicted molar refractivity (Wildman–Crippen MR) is 126 cm³/mol. The number of nitrogens with zero attached hydrogens (tertiary/aromatic N) is 4. The number of hydrogen-bond acceptors (Lipinski definition) is 5. The van der Waals surface area contributed by atoms with Crippen molar-refractivity contribution in [1.29, 1.82) is 0 Å². The van der Waals surface area contributed by atoms with Crippen molar-refractivity contribution in [2.45, 2.75) is 32.0 Å². The fraction of sp³-hybridized carbons (Fsp3) is 0.217. The van der Waals surface area contributed by atoms with Crippen LogP contribution in [0.25, 0.3) is 17.2 Å². The smallest absolute Gasteiger partial charge is 0.407 e. The molecule has 186 valence electrons. The SMILES string of the molecule is Cc1nc2c(OCc3c(F)cccc3F)cccn2c1-c1nc(I)c2c(n1)NC(=O)C2(C)C(F)(F)F. The number of carbonyl (C=O) groups is 1. The summed E-state index contributed by atoms with van der Waals surface area (Å²) in [7, 11) is 0. The van der Waals surface area contributed by atoms with E-state index in [0.717, 1.165) is 19.1 Å². The summed E-state index contributed by atoms with van der Waals surface area (Å²) in [5.74, 6) is -2.73. The third kappa shape index (κ3) is 3.59. The lowest BCUT2D eigenvalue weighted by Crippen LogP contribution is -2.45. The molecular weight excluding hydrogens is 600 g/mol. The van der Waals surface area contributed by atoms with Crippen molar-refractivity contribution in [3.63, 3.8) is 0 Å². The van der Waals surface area contributed by atoms with Gasteiger partial charge in [0.25, 0.3) is 0 Å². The average Bonchev–Trinajstić information content (AvgIpc) is 3.27. The molecule has 3 aromatic heterocycles. The Morgan fingerprint density at radius 3 is 2.47 bits per heavy atom. The van der Waals surface area contributed by atoms with E-state index < -0.39 is 35.7 Å². The average molecular weight is 615 g/mol. The summed E-state index contributed by atoms with van der Waals surface area (Å²) in [6.45, 7) is 2.04. The number of carbonyl (C=O) groups excluding carboxylic acids is 1. The molecule has 36 heavy (non-hydrogen) atoms. The summed E-state index contributed by atoms with van der Waals surface area (Å²) in [4.78, 5) is 25.3. The van der Waals surface area contributed by atoms with Crippen molar-refractivity contribution in [3.05, 3.63) is 68.7 Å². The Bertz CT molecular complexity index is 1530. The van der Waals surface area contributed by atoms with Gasteiger partial charge >= 0.3 is 6.18 Å². The van der Waals surface area contributed by atoms with Crippen LogP contribution >= 0.6 is 22.6 Å². The van der Waals surface area contributed by atoms with Crippen LogP contribution in [-0.4, -0.2) is 31.4 Å². The van der Waals surface area contributed by atoms with Crippen LogP contribution in [0.15, 0.2) is 36.5 Å². The second kappa shape index (κ2) is 8.35. The highest BCUT2D eigenvalue weighted by Crippen LogP contribution is 2.49. The van der Waals surface area contributed by atoms with Crippen LogP contribution in [0.2, 0.25) is 0 Å². The molecule has 4 aromatic rings. The molecule has 1 unspecified atom stereocenters. The van der Waals surface area contributed by atoms with Gasteiger partial charge in [0, 0.05) is 6.20 Å². The molecule has 1 aromatic carbocycles. The molecule has 1 N–H and O–H groups in total. The van der Waals surface area contributed by atoms with Crippen LogP contribution in [0.3, 0.4) is 0 Å². The lowest BCUT2D eigenvalue weighted by molar-refractivity contribution is -0.186. The number of fused-ring (bicyclic) bond motifs is 2. The zero-order valence-electron chi connectivity index (χ0n) is 18.5. The molecule has 7 nitrogen and oxygen atoms in total. The fourth-order valence-electron chi connectivity index (χ4n) is 4.05. The Morgan fingerprint density at radius 2 is 1.81 bits per heavy atom. The molecule has 0 aliphatic carbocycles. The highest BCUT2D eigenvalue weighted by molar-refractivity contribution is 14.1. The van der Waals surface area contributed by atoms with Gasteiger partial charge < -0.3 is 10.1 Å². The van der Waals surface area contributed by atoms with Crippen molar-refractivity contribution in [2.75, 3.05) is 5.32 Å². The van der Waals surface area contributed by atoms with Gasteiger partial charge in [0.05, 0.1) is 16.8 Å². The first-order valence-electron chi connectivity index (χ1n) is 10.4. The molecule has 0 bridgehead atoms. The minimum atomic E-state index is -4.85. The van der Waals surface area contributed by atoms with E-state index in [4.69, 9.17) is 4.74 Å². The molecule has 1 amide bonds. The molecule has 4 heterocycles. The Balaban J connectivity index is 1.58. The van der Waals surface area contributed by atoms with Gasteiger partial charge in [-0.1, -0.05) is 6.07 Å². The van der Waals surface area contributed by atoms with Crippen molar-refractivity contribution in [1.82, 2.24) is 19.4 Å². The number of aryl methyl sites for hydroxylation is 1. The monoisotopic (exact) mass is 615 g/mol. The van der Waals surface area contributed by atoms with Crippen LogP contribution in [-0.2, 0) is 16.8 Å². The lowest BCUT2D eigenvalue weighted by Gasteiger charge is -2.25. The van der Waals surface area contributed by atoms with Gasteiger partial charge in [-0.3, -0.25) is 9.20 Å². The van der Waals surface area contributed by atoms with Crippen LogP contribution in [0.5, 0.6) is 5.75 Å². The molecular formula is C23H15F5IN5O2. The zero-order chi connectivity index (χ0) is 26.0. The van der Waals surface area contributed by atoms with Gasteiger partial charge in [-0.15, -0.1) is 0 Å². The molecule has 0 saturated carbocycles. The normalized spacial score (nSPS) is 17.4. The van der Waals surface area contributed by atoms with Crippen LogP contribution in [0.1, 0.15) is 23.7 Å². The number of aromatic nitrogens is 4. The molecule has 0 radical (unpaired) electrons. The largest absolute Gasteiger partial charge is 0.485 e. The standard InChI is InChI=1S/C23H15F5IN5O2/c1-10-16(19-31-17(29)15-18(32-19)33-21(35)22(15,2)23(26,27)28)34-8-4-7-14(20(34)30-10)36-9-11-12(24)5-3-6-13(11)25/h3-8H,9H2,1-2H3,(H,31,32,33,35). The topological polar surface area (TPSA) is 81.4 Å². The van der Waals surface area contributed by atoms with Gasteiger partial charge in [-0.25, -0.2) is 23.7 Å². The van der Waals surface area contributed by atoms with E-state index in [1.165, 1.54) is 6.07 Å². The summed E-state index contributed by atoms with van der Waals surface area (Å²) in [5, 5.41) is 2.23. The summed E-state index contributed by atoms with van der Waals surface area (Å²) < 4.78 is 76.6. The number of rotatable bonds is 4. The van der Waals surface area contributed by atoms with Crippen molar-refractivity contribution in [2.24, 2.45) is 0 Å². The Hall–Kier alpha value is -3.36. The van der Waals surface area contributed by atoms with Gasteiger partial charge in [-0.2, -0.15) is 13.2 Å². The van der Waals surface area contributed by atoms with Crippen molar-refractivity contribution >= 4 is 40.0 Å². The first-order valence-corrected chi connectivity index (χ1v) is 11.5. The van der Waals surface area contributed by atoms with Crippen LogP contribution < -0.4 is 10.1 Å². The highest BCUT2D eigenvalue weighted by Gasteiger charge is 2.63. The number of amides is 1. The van der Waals surface area contributed by atoms with E-state index in [2.05, 4.69) is 20.3 Å². The van der Waals surface area contributed by atoms with Gasteiger partial charge in [0.1, 0.15) is 33.5 Å². The maximum atomic E-state index is 14.0. The number of hydrogen-bond donors (Lipinski definition) is 1. The fourth-order valence-corrected chi connectivity index (χ4v) is 5.07. The van der Waals surface area contributed by atoms with Crippen LogP contribution in [0, 0.1) is 22.3 Å². The number of pyridine rings is 1. The zero-order valence-corrected chi connectivity index (χ0v) is 20.7. The number of nitrogens with one attached hydrogen (secondary N) is 1. The first-order chi connectivity index (χ1) is 16.9. The summed E-state index contributed by atoms with van der Waals surface area (Å²) in [6.07, 6.45) is -3.24. The third-order valence-corrected chi connectivity index (χ3v) is 6.83. The second-order valence-electron chi connectivity index (χ2n) is 8.24. The van der Waals surface area contributed by atoms with Gasteiger partial charge in [0.15, 0.2) is 22.6 Å². The molecule has 1 aliphatic rings. The first kappa shape index (κ1) is 24.3. The van der Waals surface area contributed by atoms with E-state index in [9.17, 15) is 26.7 Å². The molecule has 13 heteroatoms. The molecule has 1 atom stereocenters. The minimum absolute atomic E-state index is 0.0344. The Morgan fingerprint density at radius 1 is 1.11 bits per heavy atom. The summed E-state index contributed by atoms with van der Waals surface area (Å²) in [6, 6.07) is 6.65. The quantitative estimate of drug-likeness (QED) is 0.191. The molecule has 1 aliphatic heterocycles. The maximum absolute atomic E-state index is 14.0. The predicted octanol–water partition coefficient (Wildman–Crippen LogP) is 5.33. The number of halogens is 6. The second-order valence-corrected chi connectivity index (χ2v) is 9.26. The van der Waals surface area contributed by atoms with Crippen molar-refractivity contribution < 1.29 is 31.5 Å². The van der Waals surface area contributed by atoms with Crippen LogP contribution in [0.4, 0.5) is 27.8 Å². The highest BCUT2D eigenvalue weighted by atomic mass is 127. The summed E-state index contributed by atoms with van der Waals surface area (Å²) >= 11 is 1.65. The number of benzene rings is 1. The van der Waals surface area contributed by atoms with Crippen molar-refractivity contribution in [3.8, 4) is 17.3 Å². The molecule has 0 saturated heterocycles. The molecule has 0 spiro atoms. The number of ether oxygens (including phenoxy) is 1. The van der Waals surface area contributed by atoms with E-state index >= 15 is 0 Å². The van der Waals surface area contributed by atoms with Gasteiger partial charge in [-0.05, 0) is 60.7 Å². The van der Waals surface area contributed by atoms with E-state index in [1.54, 1.807) is 52.2 Å². The minimum Gasteiger partial charge on any atom is -0.485 e. The molecule has 0 fully saturated rings. The van der Waals surface area contributed by atoms with E-state index in [1.807, 2.05) is 0 Å². The van der Waals surface area contributed by atoms with E-state index in [-0.39, 0.29) is 37.9 Å². The number of anilines is 1. The molecule has 5 rings (SSSR count). The third-order valence-electron chi connectivity index (χ3n) is 6.05. The number of alkyl halides is 3. The lowest BCUT2D eigenvalue weighted by atomic mass is 9.84.